The average Bonchev–Trinajstić information content (AvgIpc) is 2.61. The van der Waals surface area contributed by atoms with E-state index in [0.717, 1.165) is 5.56 Å². The lowest BCUT2D eigenvalue weighted by atomic mass is 9.98. The molecular weight excluding hydrogens is 350 g/mol. The van der Waals surface area contributed by atoms with Gasteiger partial charge in [-0.3, -0.25) is 4.79 Å². The summed E-state index contributed by atoms with van der Waals surface area (Å²) in [5.41, 5.74) is 1.43. The van der Waals surface area contributed by atoms with Gasteiger partial charge in [0.25, 0.3) is 0 Å². The maximum absolute atomic E-state index is 12.4. The maximum Gasteiger partial charge on any atom is 0.340 e. The first-order chi connectivity index (χ1) is 12.7. The van der Waals surface area contributed by atoms with Crippen molar-refractivity contribution in [2.45, 2.75) is 46.6 Å². The van der Waals surface area contributed by atoms with Gasteiger partial charge in [-0.1, -0.05) is 20.3 Å². The van der Waals surface area contributed by atoms with E-state index in [9.17, 15) is 19.5 Å². The van der Waals surface area contributed by atoms with Crippen LogP contribution < -0.4 is 15.7 Å². The number of ether oxygens (including phenoxy) is 1. The molecule has 1 aromatic heterocycles. The Kier molecular flexibility index (Phi) is 6.25. The molecule has 2 aromatic rings. The van der Waals surface area contributed by atoms with E-state index in [4.69, 9.17) is 9.15 Å². The van der Waals surface area contributed by atoms with Gasteiger partial charge in [0.2, 0.25) is 5.91 Å². The largest absolute Gasteiger partial charge is 0.496 e. The second-order valence-corrected chi connectivity index (χ2v) is 6.78. The van der Waals surface area contributed by atoms with Gasteiger partial charge in [0.15, 0.2) is 0 Å². The number of rotatable bonds is 7. The van der Waals surface area contributed by atoms with Crippen LogP contribution in [0, 0.1) is 19.8 Å². The number of benzene rings is 1. The smallest absolute Gasteiger partial charge is 0.340 e. The molecule has 7 nitrogen and oxygen atoms in total. The van der Waals surface area contributed by atoms with Gasteiger partial charge >= 0.3 is 11.6 Å². The van der Waals surface area contributed by atoms with Crippen LogP contribution in [0.3, 0.4) is 0 Å². The van der Waals surface area contributed by atoms with Crippen LogP contribution in [-0.4, -0.2) is 30.1 Å². The highest BCUT2D eigenvalue weighted by Crippen LogP contribution is 2.30. The highest BCUT2D eigenvalue weighted by molar-refractivity contribution is 5.90. The van der Waals surface area contributed by atoms with E-state index in [-0.39, 0.29) is 17.9 Å². The van der Waals surface area contributed by atoms with E-state index < -0.39 is 23.5 Å². The Morgan fingerprint density at radius 3 is 2.52 bits per heavy atom. The second-order valence-electron chi connectivity index (χ2n) is 6.78. The molecule has 146 valence electrons. The molecule has 0 spiro atoms. The Hall–Kier alpha value is -2.83. The van der Waals surface area contributed by atoms with Crippen molar-refractivity contribution in [3.63, 3.8) is 0 Å². The zero-order valence-electron chi connectivity index (χ0n) is 16.2. The predicted octanol–water partition coefficient (Wildman–Crippen LogP) is 2.58. The third-order valence-electron chi connectivity index (χ3n) is 4.84. The van der Waals surface area contributed by atoms with Gasteiger partial charge in [-0.05, 0) is 43.0 Å². The summed E-state index contributed by atoms with van der Waals surface area (Å²) in [4.78, 5) is 36.2. The number of aliphatic carboxylic acids is 1. The summed E-state index contributed by atoms with van der Waals surface area (Å²) in [5.74, 6) is -1.32. The standard InChI is InChI=1S/C20H25NO6/c1-6-11(3)18(19(23)24)21-16(22)9-13-12(4)17-14(26-5)7-10(2)8-15(17)27-20(13)25/h7-8,11,18H,6,9H2,1-5H3,(H,21,22)(H,23,24). The van der Waals surface area contributed by atoms with Gasteiger partial charge in [0.1, 0.15) is 17.4 Å². The van der Waals surface area contributed by atoms with Crippen LogP contribution in [0.1, 0.15) is 37.0 Å². The monoisotopic (exact) mass is 375 g/mol. The lowest BCUT2D eigenvalue weighted by molar-refractivity contribution is -0.143. The molecule has 2 N–H and O–H groups in total. The topological polar surface area (TPSA) is 106 Å². The van der Waals surface area contributed by atoms with Gasteiger partial charge in [-0.2, -0.15) is 0 Å². The molecule has 2 atom stereocenters. The summed E-state index contributed by atoms with van der Waals surface area (Å²) >= 11 is 0. The fourth-order valence-corrected chi connectivity index (χ4v) is 3.07. The molecule has 2 unspecified atom stereocenters. The number of aryl methyl sites for hydroxylation is 2. The number of methoxy groups -OCH3 is 1. The Labute approximate surface area is 157 Å². The van der Waals surface area contributed by atoms with E-state index >= 15 is 0 Å². The molecular formula is C20H25NO6. The third kappa shape index (κ3) is 4.30. The van der Waals surface area contributed by atoms with E-state index in [2.05, 4.69) is 5.32 Å². The minimum atomic E-state index is -1.10. The molecule has 0 saturated carbocycles. The molecule has 0 saturated heterocycles. The normalized spacial score (nSPS) is 13.2. The van der Waals surface area contributed by atoms with Crippen molar-refractivity contribution >= 4 is 22.8 Å². The molecule has 0 fully saturated rings. The summed E-state index contributed by atoms with van der Waals surface area (Å²) in [6.45, 7) is 7.19. The lowest BCUT2D eigenvalue weighted by Crippen LogP contribution is -2.45. The first-order valence-electron chi connectivity index (χ1n) is 8.82. The summed E-state index contributed by atoms with van der Waals surface area (Å²) < 4.78 is 10.8. The van der Waals surface area contributed by atoms with E-state index in [1.807, 2.05) is 19.9 Å². The van der Waals surface area contributed by atoms with Gasteiger partial charge in [-0.15, -0.1) is 0 Å². The molecule has 27 heavy (non-hydrogen) atoms. The fraction of sp³-hybridized carbons (Fsp3) is 0.450. The summed E-state index contributed by atoms with van der Waals surface area (Å²) in [6.07, 6.45) is 0.340. The lowest BCUT2D eigenvalue weighted by Gasteiger charge is -2.20. The van der Waals surface area contributed by atoms with E-state index in [1.165, 1.54) is 7.11 Å². The Morgan fingerprint density at radius 1 is 1.30 bits per heavy atom. The van der Waals surface area contributed by atoms with Gasteiger partial charge in [-0.25, -0.2) is 9.59 Å². The first-order valence-corrected chi connectivity index (χ1v) is 8.82. The van der Waals surface area contributed by atoms with Crippen LogP contribution in [0.15, 0.2) is 21.3 Å². The van der Waals surface area contributed by atoms with Crippen molar-refractivity contribution in [3.8, 4) is 5.75 Å². The first kappa shape index (κ1) is 20.5. The average molecular weight is 375 g/mol. The predicted molar refractivity (Wildman–Crippen MR) is 101 cm³/mol. The zero-order chi connectivity index (χ0) is 20.3. The number of hydrogen-bond acceptors (Lipinski definition) is 5. The van der Waals surface area contributed by atoms with Crippen LogP contribution in [0.25, 0.3) is 11.0 Å². The minimum absolute atomic E-state index is 0.190. The molecule has 2 rings (SSSR count). The SMILES string of the molecule is CCC(C)C(NC(=O)Cc1c(C)c2c(OC)cc(C)cc2oc1=O)C(=O)O. The van der Waals surface area contributed by atoms with Crippen LogP contribution in [-0.2, 0) is 16.0 Å². The Morgan fingerprint density at radius 2 is 1.96 bits per heavy atom. The number of fused-ring (bicyclic) bond motifs is 1. The van der Waals surface area contributed by atoms with Crippen molar-refractivity contribution in [2.24, 2.45) is 5.92 Å². The maximum atomic E-state index is 12.4. The van der Waals surface area contributed by atoms with Crippen molar-refractivity contribution in [2.75, 3.05) is 7.11 Å². The minimum Gasteiger partial charge on any atom is -0.496 e. The van der Waals surface area contributed by atoms with Crippen LogP contribution in [0.5, 0.6) is 5.75 Å². The molecule has 0 bridgehead atoms. The number of carbonyl (C=O) groups excluding carboxylic acids is 1. The number of carboxylic acid groups (broad SMARTS) is 1. The Bertz CT molecular complexity index is 930. The molecule has 0 radical (unpaired) electrons. The summed E-state index contributed by atoms with van der Waals surface area (Å²) in [7, 11) is 1.52. The summed E-state index contributed by atoms with van der Waals surface area (Å²) in [5, 5.41) is 12.5. The molecule has 0 aliphatic rings. The van der Waals surface area contributed by atoms with E-state index in [1.54, 1.807) is 19.9 Å². The molecule has 1 amide bonds. The number of carbonyl (C=O) groups is 2. The zero-order valence-corrected chi connectivity index (χ0v) is 16.2. The Balaban J connectivity index is 2.41. The highest BCUT2D eigenvalue weighted by Gasteiger charge is 2.26. The molecule has 1 aromatic carbocycles. The second kappa shape index (κ2) is 8.24. The highest BCUT2D eigenvalue weighted by atomic mass is 16.5. The molecule has 7 heteroatoms. The molecule has 1 heterocycles. The van der Waals surface area contributed by atoms with Crippen LogP contribution in [0.2, 0.25) is 0 Å². The van der Waals surface area contributed by atoms with Gasteiger partial charge in [0.05, 0.1) is 24.5 Å². The third-order valence-corrected chi connectivity index (χ3v) is 4.84. The quantitative estimate of drug-likeness (QED) is 0.721. The summed E-state index contributed by atoms with van der Waals surface area (Å²) in [6, 6.07) is 2.55. The van der Waals surface area contributed by atoms with Crippen molar-refractivity contribution in [1.29, 1.82) is 0 Å². The number of carboxylic acids is 1. The molecule has 0 aliphatic heterocycles. The number of hydrogen-bond donors (Lipinski definition) is 2. The van der Waals surface area contributed by atoms with Crippen molar-refractivity contribution in [1.82, 2.24) is 5.32 Å². The van der Waals surface area contributed by atoms with Gasteiger partial charge < -0.3 is 19.6 Å². The van der Waals surface area contributed by atoms with Crippen LogP contribution >= 0.6 is 0 Å². The molecule has 0 aliphatic carbocycles. The fourth-order valence-electron chi connectivity index (χ4n) is 3.07. The number of amides is 1. The van der Waals surface area contributed by atoms with Gasteiger partial charge in [0, 0.05) is 0 Å². The van der Waals surface area contributed by atoms with Crippen molar-refractivity contribution < 1.29 is 23.8 Å². The van der Waals surface area contributed by atoms with Crippen LogP contribution in [0.4, 0.5) is 0 Å². The number of nitrogens with one attached hydrogen (secondary N) is 1. The van der Waals surface area contributed by atoms with E-state index in [0.29, 0.717) is 28.7 Å². The van der Waals surface area contributed by atoms with Crippen molar-refractivity contribution in [3.05, 3.63) is 39.2 Å².